The zero-order chi connectivity index (χ0) is 16.5. The number of amides is 2. The van der Waals surface area contributed by atoms with Gasteiger partial charge in [0.25, 0.3) is 0 Å². The highest BCUT2D eigenvalue weighted by atomic mass is 16.4. The van der Waals surface area contributed by atoms with Crippen molar-refractivity contribution in [1.29, 1.82) is 0 Å². The van der Waals surface area contributed by atoms with E-state index in [2.05, 4.69) is 5.32 Å². The molecule has 1 atom stereocenters. The standard InChI is InChI=1S/C19H22N2O3/c22-18-10-7-14-12-15(8-9-17(14)24-18)20-19(23)21-11-3-6-16(21)13-4-1-2-5-13/h7-10,12-13,16H,1-6,11H2,(H,20,23)/t16-/m1/s1. The molecule has 2 amide bonds. The lowest BCUT2D eigenvalue weighted by Crippen LogP contribution is -2.41. The Kier molecular flexibility index (Phi) is 4.00. The topological polar surface area (TPSA) is 62.6 Å². The minimum absolute atomic E-state index is 0.0128. The van der Waals surface area contributed by atoms with Crippen LogP contribution in [0.1, 0.15) is 38.5 Å². The van der Waals surface area contributed by atoms with E-state index in [1.807, 2.05) is 11.0 Å². The average Bonchev–Trinajstić information content (AvgIpc) is 3.25. The molecular formula is C19H22N2O3. The second-order valence-electron chi connectivity index (χ2n) is 6.88. The molecule has 126 valence electrons. The molecule has 0 unspecified atom stereocenters. The van der Waals surface area contributed by atoms with Crippen molar-refractivity contribution in [2.24, 2.45) is 5.92 Å². The van der Waals surface area contributed by atoms with E-state index in [0.717, 1.165) is 30.5 Å². The fraction of sp³-hybridized carbons (Fsp3) is 0.474. The summed E-state index contributed by atoms with van der Waals surface area (Å²) in [4.78, 5) is 26.0. The van der Waals surface area contributed by atoms with E-state index in [-0.39, 0.29) is 11.7 Å². The van der Waals surface area contributed by atoms with Crippen LogP contribution in [-0.2, 0) is 0 Å². The lowest BCUT2D eigenvalue weighted by Gasteiger charge is -2.29. The summed E-state index contributed by atoms with van der Waals surface area (Å²) in [6.07, 6.45) is 7.32. The van der Waals surface area contributed by atoms with Gasteiger partial charge in [-0.2, -0.15) is 0 Å². The fourth-order valence-corrected chi connectivity index (χ4v) is 4.22. The third-order valence-electron chi connectivity index (χ3n) is 5.37. The maximum absolute atomic E-state index is 12.7. The number of anilines is 1. The number of fused-ring (bicyclic) bond motifs is 1. The molecule has 1 saturated carbocycles. The normalized spacial score (nSPS) is 21.5. The number of rotatable bonds is 2. The molecule has 2 aliphatic rings. The summed E-state index contributed by atoms with van der Waals surface area (Å²) >= 11 is 0. The van der Waals surface area contributed by atoms with Crippen molar-refractivity contribution in [2.75, 3.05) is 11.9 Å². The average molecular weight is 326 g/mol. The first-order chi connectivity index (χ1) is 11.7. The van der Waals surface area contributed by atoms with Crippen LogP contribution in [-0.4, -0.2) is 23.5 Å². The van der Waals surface area contributed by atoms with Crippen LogP contribution in [0, 0.1) is 5.92 Å². The van der Waals surface area contributed by atoms with Crippen molar-refractivity contribution in [3.63, 3.8) is 0 Å². The van der Waals surface area contributed by atoms with Gasteiger partial charge in [-0.25, -0.2) is 9.59 Å². The van der Waals surface area contributed by atoms with Gasteiger partial charge in [0.05, 0.1) is 0 Å². The smallest absolute Gasteiger partial charge is 0.336 e. The fourth-order valence-electron chi connectivity index (χ4n) is 4.22. The van der Waals surface area contributed by atoms with Gasteiger partial charge in [-0.1, -0.05) is 12.8 Å². The van der Waals surface area contributed by atoms with E-state index in [0.29, 0.717) is 17.5 Å². The van der Waals surface area contributed by atoms with Crippen molar-refractivity contribution in [3.05, 3.63) is 40.8 Å². The molecule has 24 heavy (non-hydrogen) atoms. The molecule has 1 aliphatic carbocycles. The Morgan fingerprint density at radius 2 is 1.92 bits per heavy atom. The zero-order valence-electron chi connectivity index (χ0n) is 13.7. The van der Waals surface area contributed by atoms with Crippen LogP contribution in [0.4, 0.5) is 10.5 Å². The molecule has 1 aromatic carbocycles. The number of benzene rings is 1. The van der Waals surface area contributed by atoms with Crippen molar-refractivity contribution >= 4 is 22.7 Å². The summed E-state index contributed by atoms with van der Waals surface area (Å²) in [6, 6.07) is 8.84. The summed E-state index contributed by atoms with van der Waals surface area (Å²) in [5, 5.41) is 3.82. The molecule has 0 radical (unpaired) electrons. The number of nitrogens with zero attached hydrogens (tertiary/aromatic N) is 1. The molecule has 1 aromatic heterocycles. The molecule has 5 heteroatoms. The lowest BCUT2D eigenvalue weighted by molar-refractivity contribution is 0.185. The zero-order valence-corrected chi connectivity index (χ0v) is 13.7. The summed E-state index contributed by atoms with van der Waals surface area (Å²) in [5.41, 5.74) is 0.902. The van der Waals surface area contributed by atoms with Crippen LogP contribution >= 0.6 is 0 Å². The number of carbonyl (C=O) groups is 1. The van der Waals surface area contributed by atoms with E-state index in [1.165, 1.54) is 31.7 Å². The Balaban J connectivity index is 1.50. The third kappa shape index (κ3) is 2.90. The summed E-state index contributed by atoms with van der Waals surface area (Å²) in [6.45, 7) is 0.843. The largest absolute Gasteiger partial charge is 0.423 e. The van der Waals surface area contributed by atoms with Gasteiger partial charge < -0.3 is 14.6 Å². The second kappa shape index (κ2) is 6.30. The van der Waals surface area contributed by atoms with Crippen LogP contribution in [0.2, 0.25) is 0 Å². The van der Waals surface area contributed by atoms with E-state index in [9.17, 15) is 9.59 Å². The number of carbonyl (C=O) groups excluding carboxylic acids is 1. The first-order valence-corrected chi connectivity index (χ1v) is 8.82. The lowest BCUT2D eigenvalue weighted by atomic mass is 9.96. The van der Waals surface area contributed by atoms with Crippen molar-refractivity contribution < 1.29 is 9.21 Å². The number of likely N-dealkylation sites (tertiary alicyclic amines) is 1. The molecule has 2 heterocycles. The second-order valence-corrected chi connectivity index (χ2v) is 6.88. The first kappa shape index (κ1) is 15.2. The molecule has 4 rings (SSSR count). The number of hydrogen-bond donors (Lipinski definition) is 1. The Bertz CT molecular complexity index is 808. The Labute approximate surface area is 140 Å². The van der Waals surface area contributed by atoms with Gasteiger partial charge in [-0.3, -0.25) is 0 Å². The Morgan fingerprint density at radius 1 is 1.08 bits per heavy atom. The van der Waals surface area contributed by atoms with Gasteiger partial charge in [0.2, 0.25) is 0 Å². The first-order valence-electron chi connectivity index (χ1n) is 8.82. The van der Waals surface area contributed by atoms with E-state index in [1.54, 1.807) is 18.2 Å². The van der Waals surface area contributed by atoms with Crippen LogP contribution in [0.3, 0.4) is 0 Å². The van der Waals surface area contributed by atoms with Crippen LogP contribution in [0.5, 0.6) is 0 Å². The molecule has 2 aromatic rings. The molecule has 1 saturated heterocycles. The molecule has 1 N–H and O–H groups in total. The maximum atomic E-state index is 12.7. The monoisotopic (exact) mass is 326 g/mol. The molecule has 5 nitrogen and oxygen atoms in total. The highest BCUT2D eigenvalue weighted by Gasteiger charge is 2.35. The Morgan fingerprint density at radius 3 is 2.75 bits per heavy atom. The highest BCUT2D eigenvalue weighted by molar-refractivity contribution is 5.92. The Hall–Kier alpha value is -2.30. The number of hydrogen-bond acceptors (Lipinski definition) is 3. The van der Waals surface area contributed by atoms with E-state index in [4.69, 9.17) is 4.42 Å². The van der Waals surface area contributed by atoms with Gasteiger partial charge in [-0.15, -0.1) is 0 Å². The van der Waals surface area contributed by atoms with Gasteiger partial charge in [0.15, 0.2) is 0 Å². The van der Waals surface area contributed by atoms with Crippen LogP contribution in [0.25, 0.3) is 11.0 Å². The maximum Gasteiger partial charge on any atom is 0.336 e. The minimum Gasteiger partial charge on any atom is -0.423 e. The molecule has 2 fully saturated rings. The van der Waals surface area contributed by atoms with E-state index < -0.39 is 0 Å². The summed E-state index contributed by atoms with van der Waals surface area (Å²) in [7, 11) is 0. The molecular weight excluding hydrogens is 304 g/mol. The van der Waals surface area contributed by atoms with Gasteiger partial charge in [0.1, 0.15) is 5.58 Å². The molecule has 0 spiro atoms. The molecule has 1 aliphatic heterocycles. The van der Waals surface area contributed by atoms with Crippen molar-refractivity contribution in [2.45, 2.75) is 44.6 Å². The van der Waals surface area contributed by atoms with Gasteiger partial charge in [0, 0.05) is 29.7 Å². The van der Waals surface area contributed by atoms with Gasteiger partial charge >= 0.3 is 11.7 Å². The number of nitrogens with one attached hydrogen (secondary N) is 1. The number of urea groups is 1. The highest BCUT2D eigenvalue weighted by Crippen LogP contribution is 2.35. The third-order valence-corrected chi connectivity index (χ3v) is 5.37. The van der Waals surface area contributed by atoms with E-state index >= 15 is 0 Å². The van der Waals surface area contributed by atoms with Crippen molar-refractivity contribution in [1.82, 2.24) is 4.90 Å². The van der Waals surface area contributed by atoms with Gasteiger partial charge in [-0.05, 0) is 55.9 Å². The predicted octanol–water partition coefficient (Wildman–Crippen LogP) is 3.98. The quantitative estimate of drug-likeness (QED) is 0.849. The summed E-state index contributed by atoms with van der Waals surface area (Å²) in [5.74, 6) is 0.670. The van der Waals surface area contributed by atoms with Crippen LogP contribution < -0.4 is 10.9 Å². The predicted molar refractivity (Wildman–Crippen MR) is 93.2 cm³/mol. The SMILES string of the molecule is O=C(Nc1ccc2oc(=O)ccc2c1)N1CCC[C@@H]1C1CCCC1. The summed E-state index contributed by atoms with van der Waals surface area (Å²) < 4.78 is 5.13. The minimum atomic E-state index is -0.365. The molecule has 0 bridgehead atoms. The van der Waals surface area contributed by atoms with Crippen LogP contribution in [0.15, 0.2) is 39.5 Å². The van der Waals surface area contributed by atoms with Crippen molar-refractivity contribution in [3.8, 4) is 0 Å².